The summed E-state index contributed by atoms with van der Waals surface area (Å²) in [5.74, 6) is -1.53. The Morgan fingerprint density at radius 3 is 2.48 bits per heavy atom. The van der Waals surface area contributed by atoms with E-state index < -0.39 is 42.3 Å². The molecule has 1 fully saturated rings. The Bertz CT molecular complexity index is 920. The van der Waals surface area contributed by atoms with Gasteiger partial charge in [0.1, 0.15) is 18.3 Å². The Kier molecular flexibility index (Phi) is 5.07. The second-order valence-corrected chi connectivity index (χ2v) is 6.08. The number of fused-ring (bicyclic) bond motifs is 1. The van der Waals surface area contributed by atoms with Crippen LogP contribution >= 0.6 is 0 Å². The number of aliphatic hydroxyl groups is 3. The number of aliphatic carboxylic acids is 1. The Hall–Kier alpha value is -2.66. The molecule has 0 radical (unpaired) electrons. The minimum absolute atomic E-state index is 0.0180. The molecular weight excluding hydrogens is 364 g/mol. The zero-order chi connectivity index (χ0) is 19.9. The molecule has 0 spiro atoms. The Morgan fingerprint density at radius 1 is 1.15 bits per heavy atom. The highest BCUT2D eigenvalue weighted by Gasteiger charge is 2.48. The van der Waals surface area contributed by atoms with E-state index in [1.807, 2.05) is 0 Å². The normalized spacial score (nSPS) is 28.1. The summed E-state index contributed by atoms with van der Waals surface area (Å²) in [6.07, 6.45) is -8.80. The molecule has 3 rings (SSSR count). The van der Waals surface area contributed by atoms with E-state index in [1.165, 1.54) is 19.2 Å². The van der Waals surface area contributed by atoms with Crippen molar-refractivity contribution in [1.82, 2.24) is 0 Å². The highest BCUT2D eigenvalue weighted by atomic mass is 16.7. The third-order valence-corrected chi connectivity index (χ3v) is 4.30. The minimum atomic E-state index is -1.84. The number of carboxylic acids is 1. The third-order valence-electron chi connectivity index (χ3n) is 4.30. The predicted molar refractivity (Wildman–Crippen MR) is 88.7 cm³/mol. The number of aliphatic hydroxyl groups excluding tert-OH is 3. The van der Waals surface area contributed by atoms with Crippen molar-refractivity contribution in [2.75, 3.05) is 7.11 Å². The number of ether oxygens (including phenoxy) is 3. The van der Waals surface area contributed by atoms with Crippen molar-refractivity contribution in [1.29, 1.82) is 0 Å². The van der Waals surface area contributed by atoms with Gasteiger partial charge in [-0.1, -0.05) is 0 Å². The van der Waals surface area contributed by atoms with Crippen molar-refractivity contribution >= 4 is 16.9 Å². The van der Waals surface area contributed by atoms with E-state index in [9.17, 15) is 24.9 Å². The van der Waals surface area contributed by atoms with Gasteiger partial charge in [0.15, 0.2) is 17.4 Å². The maximum absolute atomic E-state index is 11.7. The van der Waals surface area contributed by atoms with Crippen LogP contribution in [0.1, 0.15) is 5.56 Å². The molecule has 0 bridgehead atoms. The Labute approximate surface area is 152 Å². The van der Waals surface area contributed by atoms with Gasteiger partial charge in [0.05, 0.1) is 7.11 Å². The lowest BCUT2D eigenvalue weighted by molar-refractivity contribution is -0.271. The molecule has 4 N–H and O–H groups in total. The van der Waals surface area contributed by atoms with Crippen molar-refractivity contribution in [3.05, 3.63) is 34.2 Å². The highest BCUT2D eigenvalue weighted by Crippen LogP contribution is 2.37. The topological polar surface area (TPSA) is 156 Å². The summed E-state index contributed by atoms with van der Waals surface area (Å²) >= 11 is 0. The van der Waals surface area contributed by atoms with Crippen LogP contribution in [0, 0.1) is 6.92 Å². The summed E-state index contributed by atoms with van der Waals surface area (Å²) in [4.78, 5) is 22.8. The second kappa shape index (κ2) is 7.16. The van der Waals surface area contributed by atoms with Crippen molar-refractivity contribution in [2.24, 2.45) is 0 Å². The van der Waals surface area contributed by atoms with Crippen LogP contribution in [-0.2, 0) is 9.53 Å². The summed E-state index contributed by atoms with van der Waals surface area (Å²) in [7, 11) is 1.31. The van der Waals surface area contributed by atoms with Gasteiger partial charge in [0.25, 0.3) is 0 Å². The zero-order valence-corrected chi connectivity index (χ0v) is 14.4. The van der Waals surface area contributed by atoms with Crippen LogP contribution < -0.4 is 15.1 Å². The van der Waals surface area contributed by atoms with Crippen LogP contribution in [-0.4, -0.2) is 64.2 Å². The molecule has 1 aliphatic rings. The molecule has 0 aliphatic carbocycles. The van der Waals surface area contributed by atoms with Crippen LogP contribution in [0.3, 0.4) is 0 Å². The van der Waals surface area contributed by atoms with E-state index in [0.29, 0.717) is 10.9 Å². The van der Waals surface area contributed by atoms with Gasteiger partial charge in [-0.3, -0.25) is 0 Å². The van der Waals surface area contributed by atoms with Gasteiger partial charge in [0, 0.05) is 11.5 Å². The predicted octanol–water partition coefficient (Wildman–Crippen LogP) is -0.619. The summed E-state index contributed by atoms with van der Waals surface area (Å²) in [5.41, 5.74) is 0.138. The standard InChI is InChI=1S/C17H18O10/c1-6-5-9(18)26-13-7(6)3-4-8(14(13)24-2)25-17-12(21)10(19)11(20)15(27-17)16(22)23/h3-5,10-12,15,17,19-21H,1-2H3,(H,22,23)/t10-,11-,12+,15-,17+/m0/s1. The lowest BCUT2D eigenvalue weighted by Crippen LogP contribution is -2.61. The fraction of sp³-hybridized carbons (Fsp3) is 0.412. The first kappa shape index (κ1) is 19.1. The summed E-state index contributed by atoms with van der Waals surface area (Å²) in [5, 5.41) is 39.3. The molecular formula is C17H18O10. The molecule has 1 aliphatic heterocycles. The molecule has 0 unspecified atom stereocenters. The molecule has 2 aromatic rings. The molecule has 10 nitrogen and oxygen atoms in total. The molecule has 5 atom stereocenters. The molecule has 2 heterocycles. The number of benzene rings is 1. The lowest BCUT2D eigenvalue weighted by Gasteiger charge is -2.38. The van der Waals surface area contributed by atoms with E-state index in [4.69, 9.17) is 23.7 Å². The van der Waals surface area contributed by atoms with Crippen molar-refractivity contribution < 1.29 is 43.8 Å². The van der Waals surface area contributed by atoms with Crippen LogP contribution in [0.4, 0.5) is 0 Å². The average molecular weight is 382 g/mol. The van der Waals surface area contributed by atoms with Gasteiger partial charge in [-0.2, -0.15) is 0 Å². The fourth-order valence-corrected chi connectivity index (χ4v) is 2.90. The Morgan fingerprint density at radius 2 is 1.85 bits per heavy atom. The number of hydrogen-bond donors (Lipinski definition) is 4. The molecule has 1 saturated heterocycles. The van der Waals surface area contributed by atoms with Gasteiger partial charge < -0.3 is 39.1 Å². The smallest absolute Gasteiger partial charge is 0.336 e. The van der Waals surface area contributed by atoms with E-state index in [2.05, 4.69) is 0 Å². The van der Waals surface area contributed by atoms with Gasteiger partial charge in [-0.15, -0.1) is 0 Å². The number of carbonyl (C=O) groups is 1. The monoisotopic (exact) mass is 382 g/mol. The second-order valence-electron chi connectivity index (χ2n) is 6.08. The van der Waals surface area contributed by atoms with E-state index in [0.717, 1.165) is 0 Å². The van der Waals surface area contributed by atoms with Gasteiger partial charge in [-0.25, -0.2) is 9.59 Å². The van der Waals surface area contributed by atoms with E-state index in [1.54, 1.807) is 13.0 Å². The number of methoxy groups -OCH3 is 1. The lowest BCUT2D eigenvalue weighted by atomic mass is 9.99. The molecule has 146 valence electrons. The minimum Gasteiger partial charge on any atom is -0.490 e. The zero-order valence-electron chi connectivity index (χ0n) is 14.4. The fourth-order valence-electron chi connectivity index (χ4n) is 2.90. The molecule has 0 saturated carbocycles. The molecule has 1 aromatic carbocycles. The van der Waals surface area contributed by atoms with Gasteiger partial charge in [0.2, 0.25) is 12.0 Å². The number of hydrogen-bond acceptors (Lipinski definition) is 9. The van der Waals surface area contributed by atoms with Crippen LogP contribution in [0.15, 0.2) is 27.4 Å². The van der Waals surface area contributed by atoms with Crippen LogP contribution in [0.2, 0.25) is 0 Å². The summed E-state index contributed by atoms with van der Waals surface area (Å²) in [6.45, 7) is 1.71. The highest BCUT2D eigenvalue weighted by molar-refractivity contribution is 5.87. The van der Waals surface area contributed by atoms with Gasteiger partial charge >= 0.3 is 11.6 Å². The SMILES string of the molecule is COc1c(O[C@@H]2O[C@H](C(=O)O)[C@@H](O)[C@H](O)[C@H]2O)ccc2c(C)cc(=O)oc12. The number of carboxylic acid groups (broad SMARTS) is 1. The van der Waals surface area contributed by atoms with Crippen molar-refractivity contribution in [3.63, 3.8) is 0 Å². The molecule has 10 heteroatoms. The largest absolute Gasteiger partial charge is 0.490 e. The summed E-state index contributed by atoms with van der Waals surface area (Å²) < 4.78 is 21.0. The first-order chi connectivity index (χ1) is 12.7. The first-order valence-electron chi connectivity index (χ1n) is 7.95. The number of rotatable bonds is 4. The Balaban J connectivity index is 2.00. The van der Waals surface area contributed by atoms with Crippen LogP contribution in [0.25, 0.3) is 11.0 Å². The molecule has 0 amide bonds. The van der Waals surface area contributed by atoms with Gasteiger partial charge in [-0.05, 0) is 24.6 Å². The number of aryl methyl sites for hydroxylation is 1. The molecule has 27 heavy (non-hydrogen) atoms. The average Bonchev–Trinajstić information content (AvgIpc) is 2.61. The van der Waals surface area contributed by atoms with E-state index in [-0.39, 0.29) is 17.1 Å². The van der Waals surface area contributed by atoms with Crippen molar-refractivity contribution in [2.45, 2.75) is 37.6 Å². The third kappa shape index (κ3) is 3.35. The van der Waals surface area contributed by atoms with E-state index >= 15 is 0 Å². The quantitative estimate of drug-likeness (QED) is 0.503. The van der Waals surface area contributed by atoms with Crippen molar-refractivity contribution in [3.8, 4) is 11.5 Å². The maximum atomic E-state index is 11.7. The molecule has 1 aromatic heterocycles. The maximum Gasteiger partial charge on any atom is 0.336 e. The summed E-state index contributed by atoms with van der Waals surface area (Å²) in [6, 6.07) is 4.35. The van der Waals surface area contributed by atoms with Crippen LogP contribution in [0.5, 0.6) is 11.5 Å². The first-order valence-corrected chi connectivity index (χ1v) is 7.95.